The quantitative estimate of drug-likeness (QED) is 0.914. The van der Waals surface area contributed by atoms with Gasteiger partial charge in [-0.3, -0.25) is 4.79 Å². The summed E-state index contributed by atoms with van der Waals surface area (Å²) >= 11 is 0. The standard InChI is InChI=1S/C15H17N5O/c1-9-7-11-8-19(2)13-12(20(11)18-9)5-6-16-14(13)17-15(21)10-3-4-10/h5-7,10H,3-4,8H2,1-2H3,(H,16,17,21). The molecule has 0 spiro atoms. The molecule has 1 aliphatic carbocycles. The van der Waals surface area contributed by atoms with Gasteiger partial charge in [0.15, 0.2) is 5.82 Å². The van der Waals surface area contributed by atoms with Crippen molar-refractivity contribution in [1.29, 1.82) is 0 Å². The van der Waals surface area contributed by atoms with Gasteiger partial charge in [0.25, 0.3) is 0 Å². The number of carbonyl (C=O) groups is 1. The lowest BCUT2D eigenvalue weighted by Crippen LogP contribution is -2.28. The normalized spacial score (nSPS) is 16.4. The van der Waals surface area contributed by atoms with Crippen molar-refractivity contribution < 1.29 is 4.79 Å². The van der Waals surface area contributed by atoms with Gasteiger partial charge in [-0.25, -0.2) is 9.67 Å². The van der Waals surface area contributed by atoms with Crippen molar-refractivity contribution in [2.24, 2.45) is 5.92 Å². The Morgan fingerprint density at radius 1 is 1.43 bits per heavy atom. The van der Waals surface area contributed by atoms with Crippen molar-refractivity contribution in [3.8, 4) is 5.69 Å². The second-order valence-electron chi connectivity index (χ2n) is 5.84. The van der Waals surface area contributed by atoms with Crippen LogP contribution in [0.25, 0.3) is 5.69 Å². The van der Waals surface area contributed by atoms with Crippen LogP contribution in [0.2, 0.25) is 0 Å². The van der Waals surface area contributed by atoms with Crippen molar-refractivity contribution in [3.05, 3.63) is 29.7 Å². The molecule has 2 aromatic heterocycles. The molecule has 1 saturated carbocycles. The summed E-state index contributed by atoms with van der Waals surface area (Å²) in [6.45, 7) is 2.74. The average molecular weight is 283 g/mol. The number of hydrogen-bond donors (Lipinski definition) is 1. The summed E-state index contributed by atoms with van der Waals surface area (Å²) in [5, 5.41) is 7.51. The first kappa shape index (κ1) is 12.4. The number of aryl methyl sites for hydroxylation is 1. The maximum absolute atomic E-state index is 12.0. The topological polar surface area (TPSA) is 63.1 Å². The van der Waals surface area contributed by atoms with Crippen molar-refractivity contribution in [1.82, 2.24) is 14.8 Å². The summed E-state index contributed by atoms with van der Waals surface area (Å²) in [7, 11) is 2.01. The first-order valence-corrected chi connectivity index (χ1v) is 7.20. The number of hydrogen-bond acceptors (Lipinski definition) is 4. The molecule has 6 nitrogen and oxygen atoms in total. The Morgan fingerprint density at radius 3 is 3.00 bits per heavy atom. The van der Waals surface area contributed by atoms with E-state index < -0.39 is 0 Å². The average Bonchev–Trinajstić information content (AvgIpc) is 3.22. The summed E-state index contributed by atoms with van der Waals surface area (Å²) in [6, 6.07) is 4.02. The van der Waals surface area contributed by atoms with E-state index in [1.807, 2.05) is 24.7 Å². The van der Waals surface area contributed by atoms with Crippen LogP contribution in [0.4, 0.5) is 11.5 Å². The number of carbonyl (C=O) groups excluding carboxylic acids is 1. The molecule has 1 fully saturated rings. The number of rotatable bonds is 2. The van der Waals surface area contributed by atoms with Crippen LogP contribution < -0.4 is 10.2 Å². The number of fused-ring (bicyclic) bond motifs is 3. The highest BCUT2D eigenvalue weighted by atomic mass is 16.2. The molecule has 0 radical (unpaired) electrons. The maximum atomic E-state index is 12.0. The van der Waals surface area contributed by atoms with E-state index in [4.69, 9.17) is 0 Å². The molecule has 2 aromatic rings. The SMILES string of the molecule is Cc1cc2n(n1)-c1ccnc(NC(=O)C3CC3)c1N(C)C2. The Bertz CT molecular complexity index is 732. The van der Waals surface area contributed by atoms with Crippen LogP contribution in [0.5, 0.6) is 0 Å². The summed E-state index contributed by atoms with van der Waals surface area (Å²) in [5.74, 6) is 0.872. The van der Waals surface area contributed by atoms with Crippen LogP contribution in [0.3, 0.4) is 0 Å². The number of anilines is 2. The number of nitrogens with zero attached hydrogens (tertiary/aromatic N) is 4. The maximum Gasteiger partial charge on any atom is 0.228 e. The highest BCUT2D eigenvalue weighted by molar-refractivity contribution is 5.97. The van der Waals surface area contributed by atoms with Crippen LogP contribution in [0, 0.1) is 12.8 Å². The highest BCUT2D eigenvalue weighted by Gasteiger charge is 2.32. The van der Waals surface area contributed by atoms with E-state index in [1.165, 1.54) is 0 Å². The molecule has 108 valence electrons. The zero-order valence-electron chi connectivity index (χ0n) is 12.1. The Hall–Kier alpha value is -2.37. The summed E-state index contributed by atoms with van der Waals surface area (Å²) in [5.41, 5.74) is 4.04. The fourth-order valence-corrected chi connectivity index (χ4v) is 2.84. The molecule has 3 heterocycles. The van der Waals surface area contributed by atoms with Crippen molar-refractivity contribution in [2.75, 3.05) is 17.3 Å². The molecular formula is C15H17N5O. The minimum absolute atomic E-state index is 0.0757. The van der Waals surface area contributed by atoms with Gasteiger partial charge in [0.05, 0.1) is 23.6 Å². The predicted octanol–water partition coefficient (Wildman–Crippen LogP) is 1.87. The zero-order chi connectivity index (χ0) is 14.6. The second kappa shape index (κ2) is 4.31. The van der Waals surface area contributed by atoms with Crippen molar-refractivity contribution in [2.45, 2.75) is 26.3 Å². The van der Waals surface area contributed by atoms with Crippen LogP contribution in [0.1, 0.15) is 24.2 Å². The molecular weight excluding hydrogens is 266 g/mol. The van der Waals surface area contributed by atoms with Gasteiger partial charge >= 0.3 is 0 Å². The largest absolute Gasteiger partial charge is 0.364 e. The van der Waals surface area contributed by atoms with Crippen LogP contribution in [0.15, 0.2) is 18.3 Å². The molecule has 4 rings (SSSR count). The van der Waals surface area contributed by atoms with Gasteiger partial charge in [0.1, 0.15) is 5.69 Å². The molecule has 0 saturated heterocycles. The minimum atomic E-state index is 0.0757. The van der Waals surface area contributed by atoms with Gasteiger partial charge in [-0.05, 0) is 31.9 Å². The van der Waals surface area contributed by atoms with Crippen LogP contribution >= 0.6 is 0 Å². The summed E-state index contributed by atoms with van der Waals surface area (Å²) in [6.07, 6.45) is 3.69. The van der Waals surface area contributed by atoms with Crippen molar-refractivity contribution >= 4 is 17.4 Å². The second-order valence-corrected chi connectivity index (χ2v) is 5.84. The van der Waals surface area contributed by atoms with E-state index in [0.29, 0.717) is 5.82 Å². The lowest BCUT2D eigenvalue weighted by molar-refractivity contribution is -0.117. The fourth-order valence-electron chi connectivity index (χ4n) is 2.84. The van der Waals surface area contributed by atoms with Crippen molar-refractivity contribution in [3.63, 3.8) is 0 Å². The van der Waals surface area contributed by atoms with Gasteiger partial charge in [-0.2, -0.15) is 5.10 Å². The molecule has 0 atom stereocenters. The number of pyridine rings is 1. The fraction of sp³-hybridized carbons (Fsp3) is 0.400. The highest BCUT2D eigenvalue weighted by Crippen LogP contribution is 2.37. The molecule has 0 bridgehead atoms. The molecule has 6 heteroatoms. The minimum Gasteiger partial charge on any atom is -0.364 e. The molecule has 0 unspecified atom stereocenters. The smallest absolute Gasteiger partial charge is 0.228 e. The first-order valence-electron chi connectivity index (χ1n) is 7.20. The van der Waals surface area contributed by atoms with Gasteiger partial charge < -0.3 is 10.2 Å². The Balaban J connectivity index is 1.80. The summed E-state index contributed by atoms with van der Waals surface area (Å²) in [4.78, 5) is 18.5. The van der Waals surface area contributed by atoms with Crippen LogP contribution in [-0.4, -0.2) is 27.7 Å². The lowest BCUT2D eigenvalue weighted by atomic mass is 10.2. The van der Waals surface area contributed by atoms with E-state index in [1.54, 1.807) is 6.20 Å². The van der Waals surface area contributed by atoms with E-state index in [-0.39, 0.29) is 11.8 Å². The van der Waals surface area contributed by atoms with Gasteiger partial charge in [0, 0.05) is 19.2 Å². The Labute approximate surface area is 122 Å². The van der Waals surface area contributed by atoms with E-state index in [2.05, 4.69) is 26.4 Å². The first-order chi connectivity index (χ1) is 10.1. The van der Waals surface area contributed by atoms with E-state index >= 15 is 0 Å². The zero-order valence-corrected chi connectivity index (χ0v) is 12.1. The monoisotopic (exact) mass is 283 g/mol. The third-order valence-electron chi connectivity index (χ3n) is 4.01. The van der Waals surface area contributed by atoms with Gasteiger partial charge in [0.2, 0.25) is 5.91 Å². The predicted molar refractivity (Wildman–Crippen MR) is 79.6 cm³/mol. The third kappa shape index (κ3) is 1.98. The molecule has 1 N–H and O–H groups in total. The molecule has 1 aliphatic heterocycles. The van der Waals surface area contributed by atoms with Gasteiger partial charge in [-0.1, -0.05) is 0 Å². The molecule has 21 heavy (non-hydrogen) atoms. The van der Waals surface area contributed by atoms with Gasteiger partial charge in [-0.15, -0.1) is 0 Å². The number of nitrogens with one attached hydrogen (secondary N) is 1. The third-order valence-corrected chi connectivity index (χ3v) is 4.01. The Morgan fingerprint density at radius 2 is 2.24 bits per heavy atom. The Kier molecular flexibility index (Phi) is 2.54. The lowest BCUT2D eigenvalue weighted by Gasteiger charge is -2.29. The van der Waals surface area contributed by atoms with E-state index in [0.717, 1.165) is 42.1 Å². The van der Waals surface area contributed by atoms with E-state index in [9.17, 15) is 4.79 Å². The summed E-state index contributed by atoms with van der Waals surface area (Å²) < 4.78 is 1.94. The molecule has 2 aliphatic rings. The molecule has 0 aromatic carbocycles. The van der Waals surface area contributed by atoms with Crippen LogP contribution in [-0.2, 0) is 11.3 Å². The number of amides is 1. The number of aromatic nitrogens is 3. The molecule has 1 amide bonds.